The van der Waals surface area contributed by atoms with Gasteiger partial charge in [-0.25, -0.2) is 4.98 Å². The Hall–Kier alpha value is -3.36. The fourth-order valence-corrected chi connectivity index (χ4v) is 3.73. The zero-order chi connectivity index (χ0) is 21.8. The zero-order valence-electron chi connectivity index (χ0n) is 16.6. The van der Waals surface area contributed by atoms with Crippen molar-refractivity contribution < 1.29 is 14.3 Å². The molecule has 0 unspecified atom stereocenters. The number of aromatic nitrogens is 2. The Bertz CT molecular complexity index is 1200. The number of ether oxygens (including phenoxy) is 1. The van der Waals surface area contributed by atoms with Crippen molar-refractivity contribution in [2.75, 3.05) is 0 Å². The van der Waals surface area contributed by atoms with E-state index >= 15 is 0 Å². The number of rotatable bonds is 6. The van der Waals surface area contributed by atoms with E-state index < -0.39 is 5.91 Å². The van der Waals surface area contributed by atoms with Crippen molar-refractivity contribution in [1.29, 1.82) is 0 Å². The lowest BCUT2D eigenvalue weighted by Crippen LogP contribution is -2.42. The van der Waals surface area contributed by atoms with Crippen molar-refractivity contribution >= 4 is 39.7 Å². The summed E-state index contributed by atoms with van der Waals surface area (Å²) in [5, 5.41) is 2.61. The second-order valence-corrected chi connectivity index (χ2v) is 8.18. The number of fused-ring (bicyclic) bond motifs is 1. The molecule has 0 fully saturated rings. The minimum atomic E-state index is -0.403. The largest absolute Gasteiger partial charge is 0.489 e. The van der Waals surface area contributed by atoms with Crippen LogP contribution in [0.2, 0.25) is 5.02 Å². The number of halogens is 1. The van der Waals surface area contributed by atoms with Crippen LogP contribution in [0, 0.1) is 6.92 Å². The maximum Gasteiger partial charge on any atom is 0.269 e. The number of thiazole rings is 1. The molecule has 0 aliphatic heterocycles. The van der Waals surface area contributed by atoms with E-state index in [1.54, 1.807) is 36.5 Å². The Morgan fingerprint density at radius 3 is 2.71 bits per heavy atom. The van der Waals surface area contributed by atoms with E-state index in [9.17, 15) is 9.59 Å². The van der Waals surface area contributed by atoms with Crippen LogP contribution in [0.15, 0.2) is 60.2 Å². The standard InChI is InChI=1S/C22H19ClN4O3S/c1-14-10-18(6-7-19(14)23)30-13-15-2-4-16(5-3-15)21(29)26-25-20(28)11-17-12-27-8-9-31-22(27)24-17/h2-10,12H,11,13H2,1H3,(H,25,28)(H,26,29). The molecule has 4 rings (SSSR count). The number of nitrogens with one attached hydrogen (secondary N) is 2. The van der Waals surface area contributed by atoms with Crippen molar-refractivity contribution in [3.63, 3.8) is 0 Å². The van der Waals surface area contributed by atoms with Crippen LogP contribution >= 0.6 is 22.9 Å². The molecule has 9 heteroatoms. The van der Waals surface area contributed by atoms with Crippen molar-refractivity contribution in [3.8, 4) is 5.75 Å². The quantitative estimate of drug-likeness (QED) is 0.432. The number of amides is 2. The van der Waals surface area contributed by atoms with Gasteiger partial charge in [-0.1, -0.05) is 23.7 Å². The predicted molar refractivity (Wildman–Crippen MR) is 119 cm³/mol. The third-order valence-electron chi connectivity index (χ3n) is 4.55. The van der Waals surface area contributed by atoms with Gasteiger partial charge in [0.2, 0.25) is 5.91 Å². The van der Waals surface area contributed by atoms with Crippen LogP contribution in [0.25, 0.3) is 4.96 Å². The van der Waals surface area contributed by atoms with E-state index in [0.29, 0.717) is 22.9 Å². The number of carbonyl (C=O) groups is 2. The molecule has 2 aromatic carbocycles. The number of nitrogens with zero attached hydrogens (tertiary/aromatic N) is 2. The molecule has 7 nitrogen and oxygen atoms in total. The minimum absolute atomic E-state index is 0.0785. The number of hydrazine groups is 1. The Labute approximate surface area is 187 Å². The van der Waals surface area contributed by atoms with Gasteiger partial charge < -0.3 is 4.74 Å². The zero-order valence-corrected chi connectivity index (χ0v) is 18.2. The smallest absolute Gasteiger partial charge is 0.269 e. The number of aryl methyl sites for hydroxylation is 1. The molecule has 0 bridgehead atoms. The van der Waals surface area contributed by atoms with E-state index in [1.165, 1.54) is 11.3 Å². The summed E-state index contributed by atoms with van der Waals surface area (Å²) in [6, 6.07) is 12.4. The molecule has 0 radical (unpaired) electrons. The number of benzene rings is 2. The fraction of sp³-hybridized carbons (Fsp3) is 0.136. The van der Waals surface area contributed by atoms with E-state index in [4.69, 9.17) is 16.3 Å². The summed E-state index contributed by atoms with van der Waals surface area (Å²) >= 11 is 7.51. The number of hydrogen-bond donors (Lipinski definition) is 2. The summed E-state index contributed by atoms with van der Waals surface area (Å²) in [6.07, 6.45) is 3.75. The minimum Gasteiger partial charge on any atom is -0.489 e. The average Bonchev–Trinajstić information content (AvgIpc) is 3.35. The topological polar surface area (TPSA) is 84.7 Å². The van der Waals surface area contributed by atoms with Crippen LogP contribution in [0.4, 0.5) is 0 Å². The SMILES string of the molecule is Cc1cc(OCc2ccc(C(=O)NNC(=O)Cc3cn4ccsc4n3)cc2)ccc1Cl. The first kappa shape index (κ1) is 20.9. The van der Waals surface area contributed by atoms with Gasteiger partial charge in [0.25, 0.3) is 5.91 Å². The molecular weight excluding hydrogens is 436 g/mol. The highest BCUT2D eigenvalue weighted by molar-refractivity contribution is 7.15. The molecule has 2 amide bonds. The molecule has 31 heavy (non-hydrogen) atoms. The summed E-state index contributed by atoms with van der Waals surface area (Å²) in [6.45, 7) is 2.28. The third-order valence-corrected chi connectivity index (χ3v) is 5.75. The average molecular weight is 455 g/mol. The maximum atomic E-state index is 12.3. The fourth-order valence-electron chi connectivity index (χ4n) is 2.89. The summed E-state index contributed by atoms with van der Waals surface area (Å²) < 4.78 is 7.61. The lowest BCUT2D eigenvalue weighted by atomic mass is 10.1. The molecule has 0 aliphatic carbocycles. The highest BCUT2D eigenvalue weighted by atomic mass is 35.5. The second-order valence-electron chi connectivity index (χ2n) is 6.90. The summed E-state index contributed by atoms with van der Waals surface area (Å²) in [5.41, 5.74) is 7.76. The molecule has 0 atom stereocenters. The Balaban J connectivity index is 1.26. The molecule has 0 saturated heterocycles. The summed E-state index contributed by atoms with van der Waals surface area (Å²) in [5.74, 6) is -0.0219. The van der Waals surface area contributed by atoms with Gasteiger partial charge in [-0.2, -0.15) is 0 Å². The molecule has 2 N–H and O–H groups in total. The van der Waals surface area contributed by atoms with Crippen LogP contribution < -0.4 is 15.6 Å². The van der Waals surface area contributed by atoms with Crippen molar-refractivity contribution in [2.24, 2.45) is 0 Å². The van der Waals surface area contributed by atoms with E-state index in [0.717, 1.165) is 21.8 Å². The predicted octanol–water partition coefficient (Wildman–Crippen LogP) is 3.94. The molecule has 0 saturated carbocycles. The molecule has 2 heterocycles. The Morgan fingerprint density at radius 2 is 1.97 bits per heavy atom. The first-order valence-electron chi connectivity index (χ1n) is 9.46. The van der Waals surface area contributed by atoms with Crippen LogP contribution in [0.5, 0.6) is 5.75 Å². The van der Waals surface area contributed by atoms with Crippen molar-refractivity contribution in [2.45, 2.75) is 20.0 Å². The van der Waals surface area contributed by atoms with Gasteiger partial charge in [-0.15, -0.1) is 11.3 Å². The van der Waals surface area contributed by atoms with Gasteiger partial charge >= 0.3 is 0 Å². The van der Waals surface area contributed by atoms with Gasteiger partial charge in [-0.05, 0) is 48.4 Å². The third kappa shape index (κ3) is 5.22. The molecule has 0 aliphatic rings. The molecule has 2 aromatic heterocycles. The molecule has 158 valence electrons. The second kappa shape index (κ2) is 9.20. The van der Waals surface area contributed by atoms with Crippen LogP contribution in [-0.4, -0.2) is 21.2 Å². The Kier molecular flexibility index (Phi) is 6.20. The van der Waals surface area contributed by atoms with Gasteiger partial charge in [-0.3, -0.25) is 24.8 Å². The first-order valence-corrected chi connectivity index (χ1v) is 10.7. The highest BCUT2D eigenvalue weighted by Gasteiger charge is 2.11. The first-order chi connectivity index (χ1) is 15.0. The molecule has 0 spiro atoms. The number of imidazole rings is 1. The van der Waals surface area contributed by atoms with Crippen molar-refractivity contribution in [1.82, 2.24) is 20.2 Å². The number of carbonyl (C=O) groups excluding carboxylic acids is 2. The van der Waals surface area contributed by atoms with Gasteiger partial charge in [0.05, 0.1) is 12.1 Å². The lowest BCUT2D eigenvalue weighted by molar-refractivity contribution is -0.121. The van der Waals surface area contributed by atoms with E-state index in [2.05, 4.69) is 15.8 Å². The van der Waals surface area contributed by atoms with Crippen LogP contribution in [0.3, 0.4) is 0 Å². The number of hydrogen-bond acceptors (Lipinski definition) is 5. The van der Waals surface area contributed by atoms with Gasteiger partial charge in [0.15, 0.2) is 4.96 Å². The van der Waals surface area contributed by atoms with Gasteiger partial charge in [0.1, 0.15) is 12.4 Å². The Morgan fingerprint density at radius 1 is 1.16 bits per heavy atom. The highest BCUT2D eigenvalue weighted by Crippen LogP contribution is 2.22. The van der Waals surface area contributed by atoms with Gasteiger partial charge in [0, 0.05) is 28.4 Å². The maximum absolute atomic E-state index is 12.3. The molecular formula is C22H19ClN4O3S. The summed E-state index contributed by atoms with van der Waals surface area (Å²) in [7, 11) is 0. The monoisotopic (exact) mass is 454 g/mol. The van der Waals surface area contributed by atoms with Crippen LogP contribution in [-0.2, 0) is 17.8 Å². The summed E-state index contributed by atoms with van der Waals surface area (Å²) in [4.78, 5) is 29.5. The van der Waals surface area contributed by atoms with Crippen molar-refractivity contribution in [3.05, 3.63) is 87.6 Å². The normalized spacial score (nSPS) is 10.8. The molecule has 4 aromatic rings. The lowest BCUT2D eigenvalue weighted by Gasteiger charge is -2.09. The van der Waals surface area contributed by atoms with E-state index in [1.807, 2.05) is 35.0 Å². The van der Waals surface area contributed by atoms with E-state index in [-0.39, 0.29) is 12.3 Å². The van der Waals surface area contributed by atoms with Crippen LogP contribution in [0.1, 0.15) is 27.2 Å².